The van der Waals surface area contributed by atoms with Gasteiger partial charge in [-0.3, -0.25) is 19.3 Å². The molecular formula is C23H26N2O8. The molecule has 176 valence electrons. The minimum atomic E-state index is -2.90. The van der Waals surface area contributed by atoms with E-state index in [0.717, 1.165) is 0 Å². The molecule has 33 heavy (non-hydrogen) atoms. The first-order chi connectivity index (χ1) is 15.3. The third-order valence-corrected chi connectivity index (χ3v) is 7.33. The van der Waals surface area contributed by atoms with E-state index in [9.17, 15) is 39.9 Å². The number of hydrogen-bond donors (Lipinski definition) is 6. The number of likely N-dealkylation sites (N-methyl/N-ethyl adjacent to an activating group) is 1. The van der Waals surface area contributed by atoms with Gasteiger partial charge in [0.1, 0.15) is 22.8 Å². The van der Waals surface area contributed by atoms with Crippen LogP contribution in [-0.2, 0) is 14.4 Å². The van der Waals surface area contributed by atoms with Crippen molar-refractivity contribution >= 4 is 23.2 Å². The van der Waals surface area contributed by atoms with Gasteiger partial charge >= 0.3 is 0 Å². The lowest BCUT2D eigenvalue weighted by molar-refractivity contribution is -0.169. The number of ketones is 2. The van der Waals surface area contributed by atoms with E-state index in [1.807, 2.05) is 0 Å². The number of Topliss-reactive ketones (excluding diaryl/α,β-unsaturated/α-hetero) is 2. The Morgan fingerprint density at radius 1 is 1.15 bits per heavy atom. The van der Waals surface area contributed by atoms with Crippen molar-refractivity contribution in [3.05, 3.63) is 45.7 Å². The van der Waals surface area contributed by atoms with Gasteiger partial charge in [0.05, 0.1) is 23.6 Å². The van der Waals surface area contributed by atoms with Gasteiger partial charge < -0.3 is 31.3 Å². The number of aryl methyl sites for hydroxylation is 1. The normalized spacial score (nSPS) is 33.7. The number of aliphatic hydroxyl groups excluding tert-OH is 3. The topological polar surface area (TPSA) is 182 Å². The largest absolute Gasteiger partial charge is 0.508 e. The van der Waals surface area contributed by atoms with Crippen LogP contribution in [0.15, 0.2) is 29.0 Å². The number of phenols is 1. The third-order valence-electron chi connectivity index (χ3n) is 7.33. The molecule has 3 aliphatic carbocycles. The number of phenolic OH excluding ortho intramolecular Hbond substituents is 1. The molecule has 4 rings (SSSR count). The van der Waals surface area contributed by atoms with Gasteiger partial charge in [0.2, 0.25) is 5.78 Å². The van der Waals surface area contributed by atoms with Crippen LogP contribution in [0.4, 0.5) is 0 Å². The lowest BCUT2D eigenvalue weighted by Crippen LogP contribution is -2.70. The van der Waals surface area contributed by atoms with Crippen LogP contribution in [0.2, 0.25) is 0 Å². The van der Waals surface area contributed by atoms with Crippen molar-refractivity contribution in [2.45, 2.75) is 37.5 Å². The molecule has 0 radical (unpaired) electrons. The number of hydrogen-bond acceptors (Lipinski definition) is 9. The van der Waals surface area contributed by atoms with E-state index in [4.69, 9.17) is 5.73 Å². The monoisotopic (exact) mass is 458 g/mol. The Balaban J connectivity index is 2.08. The van der Waals surface area contributed by atoms with Crippen molar-refractivity contribution in [2.24, 2.45) is 17.6 Å². The van der Waals surface area contributed by atoms with Crippen LogP contribution in [0.25, 0.3) is 5.76 Å². The second kappa shape index (κ2) is 7.14. The minimum Gasteiger partial charge on any atom is -0.508 e. The molecule has 0 aliphatic heterocycles. The number of benzene rings is 1. The number of amides is 1. The molecule has 1 aromatic carbocycles. The summed E-state index contributed by atoms with van der Waals surface area (Å²) in [6.45, 7) is 3.45. The predicted octanol–water partition coefficient (Wildman–Crippen LogP) is -0.196. The molecule has 10 nitrogen and oxygen atoms in total. The third kappa shape index (κ3) is 2.68. The first-order valence-electron chi connectivity index (χ1n) is 10.4. The van der Waals surface area contributed by atoms with Crippen LogP contribution in [0.3, 0.4) is 0 Å². The number of aliphatic hydroxyl groups is 4. The highest BCUT2D eigenvalue weighted by atomic mass is 16.4. The summed E-state index contributed by atoms with van der Waals surface area (Å²) in [4.78, 5) is 40.1. The van der Waals surface area contributed by atoms with Crippen molar-refractivity contribution in [3.8, 4) is 5.75 Å². The Morgan fingerprint density at radius 3 is 2.30 bits per heavy atom. The average molecular weight is 458 g/mol. The molecular weight excluding hydrogens is 432 g/mol. The molecule has 10 heteroatoms. The summed E-state index contributed by atoms with van der Waals surface area (Å²) in [5, 5.41) is 55.3. The van der Waals surface area contributed by atoms with E-state index in [-0.39, 0.29) is 11.3 Å². The maximum absolute atomic E-state index is 13.7. The molecule has 3 aliphatic rings. The number of nitrogens with zero attached hydrogens (tertiary/aromatic N) is 1. The van der Waals surface area contributed by atoms with Gasteiger partial charge in [0.25, 0.3) is 5.91 Å². The highest BCUT2D eigenvalue weighted by Crippen LogP contribution is 2.56. The summed E-state index contributed by atoms with van der Waals surface area (Å²) in [5.41, 5.74) is 2.25. The van der Waals surface area contributed by atoms with Crippen molar-refractivity contribution in [1.82, 2.24) is 4.90 Å². The van der Waals surface area contributed by atoms with E-state index < -0.39 is 75.6 Å². The summed E-state index contributed by atoms with van der Waals surface area (Å²) < 4.78 is 0. The number of carbonyl (C=O) groups is 3. The zero-order valence-electron chi connectivity index (χ0n) is 18.5. The average Bonchev–Trinajstić information content (AvgIpc) is 2.72. The van der Waals surface area contributed by atoms with Crippen LogP contribution in [0, 0.1) is 18.8 Å². The summed E-state index contributed by atoms with van der Waals surface area (Å²) in [6.07, 6.45) is -1.59. The molecule has 1 aromatic rings. The molecule has 0 saturated heterocycles. The summed E-state index contributed by atoms with van der Waals surface area (Å²) in [6, 6.07) is 1.62. The fraction of sp³-hybridized carbons (Fsp3) is 0.435. The molecule has 6 atom stereocenters. The van der Waals surface area contributed by atoms with Crippen LogP contribution in [0.5, 0.6) is 5.75 Å². The SMILES string of the molecule is Cc1ccc(O)c2c1[C@H](C)C1C(=C2O)C(=O)[C@]2(O)C(O)=C(C(N)=O)C(=O)[C@@H](N(C)C)C2[C@H]1O. The van der Waals surface area contributed by atoms with Crippen LogP contribution < -0.4 is 5.73 Å². The van der Waals surface area contributed by atoms with Gasteiger partial charge in [-0.25, -0.2) is 0 Å². The maximum Gasteiger partial charge on any atom is 0.255 e. The molecule has 7 N–H and O–H groups in total. The molecule has 1 fully saturated rings. The lowest BCUT2D eigenvalue weighted by Gasteiger charge is -2.53. The van der Waals surface area contributed by atoms with Crippen LogP contribution in [0.1, 0.15) is 29.5 Å². The highest BCUT2D eigenvalue weighted by molar-refractivity contribution is 6.24. The number of primary amides is 1. The smallest absolute Gasteiger partial charge is 0.255 e. The van der Waals surface area contributed by atoms with Crippen molar-refractivity contribution < 1.29 is 39.9 Å². The molecule has 0 heterocycles. The minimum absolute atomic E-state index is 0.00834. The quantitative estimate of drug-likeness (QED) is 0.327. The lowest BCUT2D eigenvalue weighted by atomic mass is 9.54. The van der Waals surface area contributed by atoms with Gasteiger partial charge in [-0.15, -0.1) is 0 Å². The van der Waals surface area contributed by atoms with Crippen molar-refractivity contribution in [2.75, 3.05) is 14.1 Å². The Bertz CT molecular complexity index is 1180. The second-order valence-corrected chi connectivity index (χ2v) is 9.24. The molecule has 0 aromatic heterocycles. The van der Waals surface area contributed by atoms with Gasteiger partial charge in [-0.05, 0) is 44.1 Å². The van der Waals surface area contributed by atoms with Crippen molar-refractivity contribution in [1.29, 1.82) is 0 Å². The first-order valence-corrected chi connectivity index (χ1v) is 10.4. The van der Waals surface area contributed by atoms with Gasteiger partial charge in [0.15, 0.2) is 11.4 Å². The van der Waals surface area contributed by atoms with E-state index in [0.29, 0.717) is 11.1 Å². The molecule has 1 amide bonds. The Morgan fingerprint density at radius 2 is 1.76 bits per heavy atom. The standard InChI is InChI=1S/C23H26N2O8/c1-7-5-6-9(26)12-10(7)8(2)11-13(17(12)27)20(30)23(33)15(18(11)28)16(25(3)4)19(29)14(21(23)31)22(24)32/h5-6,8,11,15-16,18,26-28,31,33H,1-4H3,(H2,24,32)/t8-,11?,15?,16-,18-,23-/m0/s1. The van der Waals surface area contributed by atoms with Crippen LogP contribution >= 0.6 is 0 Å². The van der Waals surface area contributed by atoms with Gasteiger partial charge in [-0.1, -0.05) is 13.0 Å². The van der Waals surface area contributed by atoms with E-state index >= 15 is 0 Å². The predicted molar refractivity (Wildman–Crippen MR) is 115 cm³/mol. The number of carbonyl (C=O) groups excluding carboxylic acids is 3. The highest BCUT2D eigenvalue weighted by Gasteiger charge is 2.68. The van der Waals surface area contributed by atoms with Gasteiger partial charge in [0, 0.05) is 11.5 Å². The summed E-state index contributed by atoms with van der Waals surface area (Å²) >= 11 is 0. The molecule has 2 unspecified atom stereocenters. The second-order valence-electron chi connectivity index (χ2n) is 9.24. The molecule has 1 saturated carbocycles. The van der Waals surface area contributed by atoms with Gasteiger partial charge in [-0.2, -0.15) is 0 Å². The number of aromatic hydroxyl groups is 1. The number of rotatable bonds is 2. The Labute approximate surface area is 189 Å². The zero-order chi connectivity index (χ0) is 24.7. The molecule has 0 bridgehead atoms. The van der Waals surface area contributed by atoms with E-state index in [2.05, 4.69) is 0 Å². The summed E-state index contributed by atoms with van der Waals surface area (Å²) in [5.74, 6) is -8.86. The van der Waals surface area contributed by atoms with E-state index in [1.54, 1.807) is 19.9 Å². The first kappa shape index (κ1) is 23.0. The summed E-state index contributed by atoms with van der Waals surface area (Å²) in [7, 11) is 2.93. The fourth-order valence-corrected chi connectivity index (χ4v) is 5.92. The Kier molecular flexibility index (Phi) is 4.97. The van der Waals surface area contributed by atoms with Crippen molar-refractivity contribution in [3.63, 3.8) is 0 Å². The van der Waals surface area contributed by atoms with Crippen LogP contribution in [-0.4, -0.2) is 79.7 Å². The maximum atomic E-state index is 13.7. The molecule has 0 spiro atoms. The number of nitrogens with two attached hydrogens (primary N) is 1. The van der Waals surface area contributed by atoms with E-state index in [1.165, 1.54) is 25.1 Å². The number of fused-ring (bicyclic) bond motifs is 3. The zero-order valence-corrected chi connectivity index (χ0v) is 18.5. The fourth-order valence-electron chi connectivity index (χ4n) is 5.92. The Hall–Kier alpha value is -3.21.